The summed E-state index contributed by atoms with van der Waals surface area (Å²) in [5.74, 6) is 3.68. The molecule has 0 fully saturated rings. The number of hydrogen-bond donors (Lipinski definition) is 1. The average molecular weight is 266 g/mol. The number of hydrogen-bond acceptors (Lipinski definition) is 4. The highest BCUT2D eigenvalue weighted by Crippen LogP contribution is 2.26. The fourth-order valence-electron chi connectivity index (χ4n) is 2.15. The van der Waals surface area contributed by atoms with Crippen molar-refractivity contribution in [3.8, 4) is 0 Å². The van der Waals surface area contributed by atoms with Crippen molar-refractivity contribution in [1.82, 2.24) is 5.32 Å². The zero-order valence-corrected chi connectivity index (χ0v) is 12.6. The van der Waals surface area contributed by atoms with E-state index in [1.54, 1.807) is 0 Å². The molecule has 2 heterocycles. The minimum absolute atomic E-state index is 0.250. The van der Waals surface area contributed by atoms with Gasteiger partial charge in [-0.15, -0.1) is 0 Å². The third-order valence-electron chi connectivity index (χ3n) is 3.33. The second-order valence-corrected chi connectivity index (χ2v) is 6.30. The first-order valence-electron chi connectivity index (χ1n) is 6.51. The quantitative estimate of drug-likeness (QED) is 0.907. The van der Waals surface area contributed by atoms with Crippen LogP contribution in [0.4, 0.5) is 0 Å². The normalized spacial score (nSPS) is 21.2. The number of aliphatic imine (C=N–C) groups is 1. The molecule has 0 aromatic carbocycles. The lowest BCUT2D eigenvalue weighted by Gasteiger charge is -2.13. The fourth-order valence-corrected chi connectivity index (χ4v) is 3.41. The molecule has 1 aliphatic heterocycles. The van der Waals surface area contributed by atoms with Crippen LogP contribution < -0.4 is 5.32 Å². The zero-order chi connectivity index (χ0) is 13.3. The first-order chi connectivity index (χ1) is 8.47. The Hall–Kier alpha value is -0.900. The van der Waals surface area contributed by atoms with E-state index in [1.807, 2.05) is 25.6 Å². The molecule has 1 aromatic rings. The number of nitrogens with one attached hydrogen (secondary N) is 1. The maximum atomic E-state index is 5.57. The maximum Gasteiger partial charge on any atom is 0.157 e. The zero-order valence-electron chi connectivity index (χ0n) is 11.8. The Morgan fingerprint density at radius 3 is 2.61 bits per heavy atom. The van der Waals surface area contributed by atoms with Gasteiger partial charge in [0, 0.05) is 11.3 Å². The number of thioether (sulfide) groups is 1. The molecule has 0 aliphatic carbocycles. The molecular weight excluding hydrogens is 244 g/mol. The van der Waals surface area contributed by atoms with E-state index < -0.39 is 0 Å². The van der Waals surface area contributed by atoms with Crippen LogP contribution in [-0.4, -0.2) is 17.0 Å². The molecule has 0 saturated heterocycles. The van der Waals surface area contributed by atoms with Gasteiger partial charge < -0.3 is 9.73 Å². The Bertz CT molecular complexity index is 451. The molecule has 2 atom stereocenters. The van der Waals surface area contributed by atoms with Crippen LogP contribution in [0.25, 0.3) is 0 Å². The summed E-state index contributed by atoms with van der Waals surface area (Å²) in [6, 6.07) is 2.81. The highest BCUT2D eigenvalue weighted by atomic mass is 32.2. The number of nitrogens with zero attached hydrogens (tertiary/aromatic N) is 1. The van der Waals surface area contributed by atoms with Crippen LogP contribution in [0.2, 0.25) is 0 Å². The summed E-state index contributed by atoms with van der Waals surface area (Å²) in [6.45, 7) is 10.6. The minimum atomic E-state index is 0.250. The standard InChI is InChI=1S/C14H22N2OS/c1-8(2)13-7-18-14(16-13)15-10(4)12-6-9(3)17-11(12)5/h6,8,10,13H,7H2,1-5H3,(H,15,16). The molecule has 2 rings (SSSR count). The van der Waals surface area contributed by atoms with Gasteiger partial charge >= 0.3 is 0 Å². The third kappa shape index (κ3) is 2.91. The van der Waals surface area contributed by atoms with Crippen molar-refractivity contribution in [1.29, 1.82) is 0 Å². The van der Waals surface area contributed by atoms with Crippen molar-refractivity contribution in [2.24, 2.45) is 10.9 Å². The third-order valence-corrected chi connectivity index (χ3v) is 4.33. The summed E-state index contributed by atoms with van der Waals surface area (Å²) in [6.07, 6.45) is 0. The number of rotatable bonds is 3. The van der Waals surface area contributed by atoms with Gasteiger partial charge in [-0.25, -0.2) is 0 Å². The van der Waals surface area contributed by atoms with Crippen molar-refractivity contribution in [3.05, 3.63) is 23.2 Å². The van der Waals surface area contributed by atoms with Crippen molar-refractivity contribution in [3.63, 3.8) is 0 Å². The van der Waals surface area contributed by atoms with Gasteiger partial charge in [0.2, 0.25) is 0 Å². The highest BCUT2D eigenvalue weighted by Gasteiger charge is 2.23. The number of amidine groups is 1. The van der Waals surface area contributed by atoms with E-state index in [0.717, 1.165) is 22.4 Å². The van der Waals surface area contributed by atoms with Crippen molar-refractivity contribution in [2.45, 2.75) is 46.7 Å². The van der Waals surface area contributed by atoms with E-state index >= 15 is 0 Å². The van der Waals surface area contributed by atoms with Gasteiger partial charge in [0.25, 0.3) is 0 Å². The minimum Gasteiger partial charge on any atom is -0.466 e. The summed E-state index contributed by atoms with van der Waals surface area (Å²) in [5, 5.41) is 4.56. The van der Waals surface area contributed by atoms with Gasteiger partial charge in [0.15, 0.2) is 5.17 Å². The Morgan fingerprint density at radius 2 is 2.11 bits per heavy atom. The summed E-state index contributed by atoms with van der Waals surface area (Å²) in [7, 11) is 0. The van der Waals surface area contributed by atoms with Crippen molar-refractivity contribution >= 4 is 16.9 Å². The van der Waals surface area contributed by atoms with Gasteiger partial charge in [0.1, 0.15) is 11.5 Å². The molecule has 0 amide bonds. The van der Waals surface area contributed by atoms with E-state index in [2.05, 4.69) is 32.2 Å². The van der Waals surface area contributed by atoms with Gasteiger partial charge in [-0.1, -0.05) is 25.6 Å². The predicted octanol–water partition coefficient (Wildman–Crippen LogP) is 3.67. The summed E-state index contributed by atoms with van der Waals surface area (Å²) < 4.78 is 5.57. The molecule has 0 saturated carbocycles. The lowest BCUT2D eigenvalue weighted by atomic mass is 10.1. The van der Waals surface area contributed by atoms with E-state index in [-0.39, 0.29) is 6.04 Å². The maximum absolute atomic E-state index is 5.57. The lowest BCUT2D eigenvalue weighted by Crippen LogP contribution is -2.23. The summed E-state index contributed by atoms with van der Waals surface area (Å²) >= 11 is 1.82. The highest BCUT2D eigenvalue weighted by molar-refractivity contribution is 8.14. The summed E-state index contributed by atoms with van der Waals surface area (Å²) in [4.78, 5) is 4.73. The molecule has 3 nitrogen and oxygen atoms in total. The van der Waals surface area contributed by atoms with E-state index in [9.17, 15) is 0 Å². The first kappa shape index (κ1) is 13.5. The van der Waals surface area contributed by atoms with Gasteiger partial charge in [-0.05, 0) is 32.8 Å². The average Bonchev–Trinajstić information content (AvgIpc) is 2.85. The second kappa shape index (κ2) is 5.39. The van der Waals surface area contributed by atoms with Crippen LogP contribution in [0.3, 0.4) is 0 Å². The Kier molecular flexibility index (Phi) is 4.05. The molecular formula is C14H22N2OS. The molecule has 2 unspecified atom stereocenters. The lowest BCUT2D eigenvalue weighted by molar-refractivity contribution is 0.497. The van der Waals surface area contributed by atoms with Gasteiger partial charge in [-0.2, -0.15) is 0 Å². The Balaban J connectivity index is 2.02. The largest absolute Gasteiger partial charge is 0.466 e. The van der Waals surface area contributed by atoms with Crippen LogP contribution in [-0.2, 0) is 0 Å². The summed E-state index contributed by atoms with van der Waals surface area (Å²) in [5.41, 5.74) is 1.23. The number of aryl methyl sites for hydroxylation is 2. The van der Waals surface area contributed by atoms with Crippen molar-refractivity contribution < 1.29 is 4.42 Å². The molecule has 0 bridgehead atoms. The SMILES string of the molecule is Cc1cc(C(C)NC2=NC(C(C)C)CS2)c(C)o1. The molecule has 0 radical (unpaired) electrons. The van der Waals surface area contributed by atoms with Crippen LogP contribution >= 0.6 is 11.8 Å². The topological polar surface area (TPSA) is 37.5 Å². The van der Waals surface area contributed by atoms with Crippen molar-refractivity contribution in [2.75, 3.05) is 5.75 Å². The fraction of sp³-hybridized carbons (Fsp3) is 0.643. The Morgan fingerprint density at radius 1 is 1.39 bits per heavy atom. The Labute approximate surface area is 113 Å². The van der Waals surface area contributed by atoms with E-state index in [0.29, 0.717) is 12.0 Å². The first-order valence-corrected chi connectivity index (χ1v) is 7.50. The van der Waals surface area contributed by atoms with Gasteiger partial charge in [-0.3, -0.25) is 4.99 Å². The van der Waals surface area contributed by atoms with E-state index in [4.69, 9.17) is 9.41 Å². The predicted molar refractivity (Wildman–Crippen MR) is 78.3 cm³/mol. The second-order valence-electron chi connectivity index (χ2n) is 5.29. The van der Waals surface area contributed by atoms with Crippen LogP contribution in [0.5, 0.6) is 0 Å². The molecule has 18 heavy (non-hydrogen) atoms. The number of furan rings is 1. The molecule has 100 valence electrons. The molecule has 4 heteroatoms. The van der Waals surface area contributed by atoms with Crippen LogP contribution in [0.1, 0.15) is 43.9 Å². The molecule has 1 aromatic heterocycles. The molecule has 1 aliphatic rings. The van der Waals surface area contributed by atoms with Crippen LogP contribution in [0, 0.1) is 19.8 Å². The van der Waals surface area contributed by atoms with E-state index in [1.165, 1.54) is 5.56 Å². The van der Waals surface area contributed by atoms with Crippen LogP contribution in [0.15, 0.2) is 15.5 Å². The molecule has 1 N–H and O–H groups in total. The monoisotopic (exact) mass is 266 g/mol. The van der Waals surface area contributed by atoms with Gasteiger partial charge in [0.05, 0.1) is 12.1 Å². The molecule has 0 spiro atoms. The smallest absolute Gasteiger partial charge is 0.157 e.